The third kappa shape index (κ3) is 5.58. The van der Waals surface area contributed by atoms with Gasteiger partial charge in [0.15, 0.2) is 0 Å². The highest BCUT2D eigenvalue weighted by Crippen LogP contribution is 1.66. The van der Waals surface area contributed by atoms with Crippen LogP contribution in [0.5, 0.6) is 0 Å². The van der Waals surface area contributed by atoms with Crippen LogP contribution >= 0.6 is 0 Å². The lowest BCUT2D eigenvalue weighted by atomic mass is 10.9. The zero-order valence-corrected chi connectivity index (χ0v) is 4.31. The molecule has 0 saturated heterocycles. The summed E-state index contributed by atoms with van der Waals surface area (Å²) in [6, 6.07) is 0. The van der Waals surface area contributed by atoms with Crippen molar-refractivity contribution in [2.75, 3.05) is 5.75 Å². The van der Waals surface area contributed by atoms with Crippen molar-refractivity contribution in [3.63, 3.8) is 0 Å². The monoisotopic (exact) mass is 123 g/mol. The van der Waals surface area contributed by atoms with E-state index in [1.807, 2.05) is 0 Å². The van der Waals surface area contributed by atoms with E-state index in [1.165, 1.54) is 0 Å². The van der Waals surface area contributed by atoms with Crippen molar-refractivity contribution in [1.29, 1.82) is 0 Å². The molecule has 5 heteroatoms. The normalized spacial score (nSPS) is 11.0. The number of primary sulfonamides is 1. The first-order valence-corrected chi connectivity index (χ1v) is 3.22. The summed E-state index contributed by atoms with van der Waals surface area (Å²) in [6.07, 6.45) is 0.245. The molecule has 0 fully saturated rings. The summed E-state index contributed by atoms with van der Waals surface area (Å²) in [6.45, 7) is 0. The maximum atomic E-state index is 9.78. The van der Waals surface area contributed by atoms with Gasteiger partial charge in [0.05, 0.1) is 0 Å². The van der Waals surface area contributed by atoms with Crippen LogP contribution in [-0.4, -0.2) is 20.5 Å². The lowest BCUT2D eigenvalue weighted by Crippen LogP contribution is -2.16. The second-order valence-electron chi connectivity index (χ2n) is 0.996. The molecule has 0 radical (unpaired) electrons. The Morgan fingerprint density at radius 1 is 1.57 bits per heavy atom. The molecule has 0 aromatic carbocycles. The summed E-state index contributed by atoms with van der Waals surface area (Å²) in [5.74, 6) is -0.590. The van der Waals surface area contributed by atoms with Gasteiger partial charge in [-0.05, 0) is 0 Å². The van der Waals surface area contributed by atoms with E-state index in [4.69, 9.17) is 0 Å². The third-order valence-electron chi connectivity index (χ3n) is 0.300. The standard InChI is InChI=1S/C2H5NO3S/c3-7(5,6)2-1-4/h1H,2H2,(H2,3,5,6). The summed E-state index contributed by atoms with van der Waals surface area (Å²) in [4.78, 5) is 9.36. The predicted molar refractivity (Wildman–Crippen MR) is 24.0 cm³/mol. The summed E-state index contributed by atoms with van der Waals surface area (Å²) >= 11 is 0. The van der Waals surface area contributed by atoms with Crippen molar-refractivity contribution in [2.24, 2.45) is 5.14 Å². The Bertz CT molecular complexity index is 146. The van der Waals surface area contributed by atoms with E-state index >= 15 is 0 Å². The van der Waals surface area contributed by atoms with Crippen LogP contribution in [0, 0.1) is 0 Å². The van der Waals surface area contributed by atoms with E-state index in [2.05, 4.69) is 5.14 Å². The zero-order valence-electron chi connectivity index (χ0n) is 3.49. The molecule has 0 aliphatic heterocycles. The van der Waals surface area contributed by atoms with Crippen LogP contribution in [0.1, 0.15) is 0 Å². The van der Waals surface area contributed by atoms with Gasteiger partial charge in [-0.1, -0.05) is 0 Å². The average Bonchev–Trinajstić information content (AvgIpc) is 1.30. The number of sulfonamides is 1. The molecule has 0 aromatic rings. The van der Waals surface area contributed by atoms with Gasteiger partial charge in [0, 0.05) is 0 Å². The second-order valence-corrected chi connectivity index (χ2v) is 2.66. The third-order valence-corrected chi connectivity index (χ3v) is 0.901. The molecule has 0 unspecified atom stereocenters. The van der Waals surface area contributed by atoms with Gasteiger partial charge in [-0.25, -0.2) is 13.6 Å². The fourth-order valence-electron chi connectivity index (χ4n) is 0.0948. The number of hydrogen-bond acceptors (Lipinski definition) is 3. The first-order chi connectivity index (χ1) is 3.06. The highest BCUT2D eigenvalue weighted by atomic mass is 32.2. The first kappa shape index (κ1) is 6.58. The molecule has 0 spiro atoms. The summed E-state index contributed by atoms with van der Waals surface area (Å²) in [5.41, 5.74) is 0. The number of aldehydes is 1. The SMILES string of the molecule is NS(=O)(=O)CC=O. The first-order valence-electron chi connectivity index (χ1n) is 1.50. The maximum absolute atomic E-state index is 9.78. The molecule has 0 aromatic heterocycles. The quantitative estimate of drug-likeness (QED) is 0.453. The van der Waals surface area contributed by atoms with Crippen molar-refractivity contribution >= 4 is 16.3 Å². The Morgan fingerprint density at radius 3 is 2.00 bits per heavy atom. The molecule has 0 aliphatic carbocycles. The molecule has 0 aliphatic rings. The van der Waals surface area contributed by atoms with E-state index in [9.17, 15) is 13.2 Å². The smallest absolute Gasteiger partial charge is 0.215 e. The molecule has 0 atom stereocenters. The van der Waals surface area contributed by atoms with Gasteiger partial charge in [-0.3, -0.25) is 0 Å². The fourth-order valence-corrected chi connectivity index (χ4v) is 0.285. The van der Waals surface area contributed by atoms with Gasteiger partial charge in [0.25, 0.3) is 0 Å². The second kappa shape index (κ2) is 2.04. The van der Waals surface area contributed by atoms with Gasteiger partial charge in [-0.2, -0.15) is 0 Å². The Balaban J connectivity index is 3.84. The molecule has 2 N–H and O–H groups in total. The molecular weight excluding hydrogens is 118 g/mol. The summed E-state index contributed by atoms with van der Waals surface area (Å²) < 4.78 is 19.6. The number of nitrogens with two attached hydrogens (primary N) is 1. The Hall–Kier alpha value is -0.420. The van der Waals surface area contributed by atoms with Crippen LogP contribution in [0.4, 0.5) is 0 Å². The van der Waals surface area contributed by atoms with E-state index in [0.29, 0.717) is 0 Å². The highest BCUT2D eigenvalue weighted by molar-refractivity contribution is 7.89. The minimum absolute atomic E-state index is 0.245. The molecule has 0 amide bonds. The lowest BCUT2D eigenvalue weighted by Gasteiger charge is -1.81. The average molecular weight is 123 g/mol. The number of hydrogen-bond donors (Lipinski definition) is 1. The Kier molecular flexibility index (Phi) is 1.91. The van der Waals surface area contributed by atoms with E-state index in [-0.39, 0.29) is 6.29 Å². The minimum Gasteiger partial charge on any atom is -0.302 e. The summed E-state index contributed by atoms with van der Waals surface area (Å²) in [5, 5.41) is 4.39. The fraction of sp³-hybridized carbons (Fsp3) is 0.500. The lowest BCUT2D eigenvalue weighted by molar-refractivity contribution is -0.105. The van der Waals surface area contributed by atoms with Gasteiger partial charge in [-0.15, -0.1) is 0 Å². The van der Waals surface area contributed by atoms with Crippen molar-refractivity contribution in [3.8, 4) is 0 Å². The topological polar surface area (TPSA) is 77.2 Å². The minimum atomic E-state index is -3.54. The molecule has 0 bridgehead atoms. The van der Waals surface area contributed by atoms with Crippen molar-refractivity contribution in [3.05, 3.63) is 0 Å². The van der Waals surface area contributed by atoms with Crippen molar-refractivity contribution in [2.45, 2.75) is 0 Å². The van der Waals surface area contributed by atoms with Gasteiger partial charge < -0.3 is 4.79 Å². The van der Waals surface area contributed by atoms with Crippen LogP contribution in [-0.2, 0) is 14.8 Å². The molecule has 0 rings (SSSR count). The van der Waals surface area contributed by atoms with Crippen LogP contribution < -0.4 is 5.14 Å². The van der Waals surface area contributed by atoms with Gasteiger partial charge in [0.2, 0.25) is 10.0 Å². The van der Waals surface area contributed by atoms with Crippen molar-refractivity contribution < 1.29 is 13.2 Å². The van der Waals surface area contributed by atoms with Crippen LogP contribution in [0.25, 0.3) is 0 Å². The Morgan fingerprint density at radius 2 is 2.00 bits per heavy atom. The molecule has 4 nitrogen and oxygen atoms in total. The summed E-state index contributed by atoms with van der Waals surface area (Å²) in [7, 11) is -3.54. The molecular formula is C2H5NO3S. The highest BCUT2D eigenvalue weighted by Gasteiger charge is 1.96. The largest absolute Gasteiger partial charge is 0.302 e. The van der Waals surface area contributed by atoms with E-state index in [0.717, 1.165) is 0 Å². The van der Waals surface area contributed by atoms with E-state index < -0.39 is 15.8 Å². The number of carbonyl (C=O) groups is 1. The van der Waals surface area contributed by atoms with Crippen LogP contribution in [0.15, 0.2) is 0 Å². The zero-order chi connectivity index (χ0) is 5.91. The molecule has 7 heavy (non-hydrogen) atoms. The van der Waals surface area contributed by atoms with Gasteiger partial charge >= 0.3 is 0 Å². The molecule has 0 saturated carbocycles. The Labute approximate surface area is 41.4 Å². The van der Waals surface area contributed by atoms with Crippen LogP contribution in [0.2, 0.25) is 0 Å². The molecule has 42 valence electrons. The van der Waals surface area contributed by atoms with E-state index in [1.54, 1.807) is 0 Å². The number of rotatable bonds is 2. The molecule has 0 heterocycles. The van der Waals surface area contributed by atoms with Crippen LogP contribution in [0.3, 0.4) is 0 Å². The van der Waals surface area contributed by atoms with Gasteiger partial charge in [0.1, 0.15) is 12.0 Å². The van der Waals surface area contributed by atoms with Crippen molar-refractivity contribution in [1.82, 2.24) is 0 Å². The number of carbonyl (C=O) groups excluding carboxylic acids is 1. The predicted octanol–water partition coefficient (Wildman–Crippen LogP) is -1.53. The maximum Gasteiger partial charge on any atom is 0.215 e.